The molecule has 0 N–H and O–H groups in total. The van der Waals surface area contributed by atoms with Gasteiger partial charge in [-0.1, -0.05) is 33.9 Å². The second-order valence-corrected chi connectivity index (χ2v) is 11.7. The summed E-state index contributed by atoms with van der Waals surface area (Å²) in [5, 5.41) is 0.342. The quantitative estimate of drug-likeness (QED) is 0.296. The molecule has 0 heterocycles. The van der Waals surface area contributed by atoms with Gasteiger partial charge < -0.3 is 0 Å². The van der Waals surface area contributed by atoms with Gasteiger partial charge in [0.2, 0.25) is 0 Å². The summed E-state index contributed by atoms with van der Waals surface area (Å²) in [6.07, 6.45) is 0. The number of hydrogen-bond acceptors (Lipinski definition) is 2. The highest BCUT2D eigenvalue weighted by molar-refractivity contribution is 7.20. The van der Waals surface area contributed by atoms with Crippen LogP contribution in [0.25, 0.3) is 0 Å². The Hall–Kier alpha value is 0.644. The maximum Gasteiger partial charge on any atom is 0.193 e. The van der Waals surface area contributed by atoms with Crippen LogP contribution >= 0.6 is 11.1 Å². The summed E-state index contributed by atoms with van der Waals surface area (Å²) < 4.78 is 4.18. The van der Waals surface area contributed by atoms with Gasteiger partial charge in [-0.3, -0.25) is 9.46 Å². The molecule has 0 aliphatic heterocycles. The highest BCUT2D eigenvalue weighted by atomic mass is 35.6. The average molecular weight is 229 g/mol. The second kappa shape index (κ2) is 6.15. The van der Waals surface area contributed by atoms with E-state index in [4.69, 9.17) is 11.1 Å². The fourth-order valence-electron chi connectivity index (χ4n) is 0. The molecule has 0 aromatic carbocycles. The fourth-order valence-corrected chi connectivity index (χ4v) is 0. The van der Waals surface area contributed by atoms with Crippen molar-refractivity contribution in [3.8, 4) is 0 Å². The molecule has 0 saturated heterocycles. The molecule has 0 spiro atoms. The van der Waals surface area contributed by atoms with Gasteiger partial charge in [-0.05, 0) is 5.04 Å². The number of hydrogen-bond donors (Lipinski definition) is 0. The molecule has 0 aromatic heterocycles. The molecule has 76 valence electrons. The molecular formula is C7H21ClO2Si2. The summed E-state index contributed by atoms with van der Waals surface area (Å²) in [5.41, 5.74) is 0. The predicted molar refractivity (Wildman–Crippen MR) is 61.1 cm³/mol. The molecule has 0 bridgehead atoms. The molecule has 0 radical (unpaired) electrons. The van der Waals surface area contributed by atoms with Crippen LogP contribution in [0, 0.1) is 0 Å². The van der Waals surface area contributed by atoms with Crippen molar-refractivity contribution in [2.24, 2.45) is 0 Å². The topological polar surface area (TPSA) is 18.5 Å². The van der Waals surface area contributed by atoms with Gasteiger partial charge in [-0.25, -0.2) is 0 Å². The molecule has 0 amide bonds. The normalized spacial score (nSPS) is 12.2. The minimum Gasteiger partial charge on any atom is -0.299 e. The Morgan fingerprint density at radius 2 is 1.42 bits per heavy atom. The van der Waals surface area contributed by atoms with Crippen molar-refractivity contribution in [3.05, 3.63) is 0 Å². The largest absolute Gasteiger partial charge is 0.299 e. The van der Waals surface area contributed by atoms with Crippen molar-refractivity contribution in [2.45, 2.75) is 38.9 Å². The van der Waals surface area contributed by atoms with Crippen molar-refractivity contribution in [2.75, 3.05) is 7.11 Å². The SMILES string of the molecule is CC(C)(C)[Si](C)(C)Cl.COO[SiH3]. The highest BCUT2D eigenvalue weighted by Crippen LogP contribution is 2.38. The molecule has 5 heteroatoms. The van der Waals surface area contributed by atoms with E-state index < -0.39 is 7.38 Å². The molecule has 0 aliphatic rings. The first-order valence-electron chi connectivity index (χ1n) is 3.92. The van der Waals surface area contributed by atoms with E-state index >= 15 is 0 Å². The molecule has 0 unspecified atom stereocenters. The van der Waals surface area contributed by atoms with E-state index in [1.807, 2.05) is 0 Å². The maximum atomic E-state index is 6.15. The molecule has 0 rings (SSSR count). The van der Waals surface area contributed by atoms with Crippen LogP contribution in [0.4, 0.5) is 0 Å². The summed E-state index contributed by atoms with van der Waals surface area (Å²) in [6.45, 7) is 11.0. The Bertz CT molecular complexity index is 93.0. The first kappa shape index (κ1) is 15.1. The van der Waals surface area contributed by atoms with Crippen molar-refractivity contribution in [1.29, 1.82) is 0 Å². The lowest BCUT2D eigenvalue weighted by molar-refractivity contribution is -0.173. The van der Waals surface area contributed by atoms with Crippen LogP contribution in [0.15, 0.2) is 0 Å². The summed E-state index contributed by atoms with van der Waals surface area (Å²) in [4.78, 5) is 4.10. The lowest BCUT2D eigenvalue weighted by Gasteiger charge is -2.29. The average Bonchev–Trinajstić information content (AvgIpc) is 1.84. The smallest absolute Gasteiger partial charge is 0.193 e. The van der Waals surface area contributed by atoms with Gasteiger partial charge in [0.15, 0.2) is 17.9 Å². The number of rotatable bonds is 1. The second-order valence-electron chi connectivity index (χ2n) is 4.06. The minimum atomic E-state index is -1.39. The lowest BCUT2D eigenvalue weighted by Crippen LogP contribution is -2.29. The van der Waals surface area contributed by atoms with Crippen LogP contribution in [0.5, 0.6) is 0 Å². The Morgan fingerprint density at radius 3 is 1.42 bits per heavy atom. The van der Waals surface area contributed by atoms with Gasteiger partial charge in [0.05, 0.1) is 7.11 Å². The highest BCUT2D eigenvalue weighted by Gasteiger charge is 2.32. The van der Waals surface area contributed by atoms with Gasteiger partial charge in [-0.2, -0.15) is 11.1 Å². The first-order chi connectivity index (χ1) is 5.16. The van der Waals surface area contributed by atoms with E-state index in [1.54, 1.807) is 0 Å². The third-order valence-corrected chi connectivity index (χ3v) is 7.55. The molecule has 0 fully saturated rings. The van der Waals surface area contributed by atoms with Gasteiger partial charge in [0.25, 0.3) is 0 Å². The van der Waals surface area contributed by atoms with Gasteiger partial charge in [0, 0.05) is 0 Å². The summed E-state index contributed by atoms with van der Waals surface area (Å²) >= 11 is 6.15. The Morgan fingerprint density at radius 1 is 1.25 bits per heavy atom. The molecular weight excluding hydrogens is 208 g/mol. The third kappa shape index (κ3) is 8.74. The van der Waals surface area contributed by atoms with Crippen molar-refractivity contribution in [3.63, 3.8) is 0 Å². The van der Waals surface area contributed by atoms with Crippen molar-refractivity contribution >= 4 is 28.9 Å². The fraction of sp³-hybridized carbons (Fsp3) is 1.00. The zero-order valence-corrected chi connectivity index (χ0v) is 13.0. The van der Waals surface area contributed by atoms with E-state index in [0.717, 1.165) is 0 Å². The first-order valence-corrected chi connectivity index (χ1v) is 8.75. The van der Waals surface area contributed by atoms with Gasteiger partial charge in [0.1, 0.15) is 0 Å². The molecule has 12 heavy (non-hydrogen) atoms. The third-order valence-electron chi connectivity index (χ3n) is 1.95. The van der Waals surface area contributed by atoms with Crippen molar-refractivity contribution in [1.82, 2.24) is 0 Å². The molecule has 0 saturated carbocycles. The summed E-state index contributed by atoms with van der Waals surface area (Å²) in [6, 6.07) is 0. The van der Waals surface area contributed by atoms with Crippen LogP contribution in [-0.2, 0) is 9.46 Å². The maximum absolute atomic E-state index is 6.15. The van der Waals surface area contributed by atoms with E-state index in [0.29, 0.717) is 15.5 Å². The van der Waals surface area contributed by atoms with Crippen LogP contribution in [0.3, 0.4) is 0 Å². The van der Waals surface area contributed by atoms with E-state index in [-0.39, 0.29) is 0 Å². The van der Waals surface area contributed by atoms with Crippen LogP contribution in [0.2, 0.25) is 18.1 Å². The Labute approximate surface area is 84.8 Å². The predicted octanol–water partition coefficient (Wildman–Crippen LogP) is 2.08. The van der Waals surface area contributed by atoms with Gasteiger partial charge in [-0.15, -0.1) is 0 Å². The Kier molecular flexibility index (Phi) is 7.76. The molecule has 0 aliphatic carbocycles. The summed E-state index contributed by atoms with van der Waals surface area (Å²) in [5.74, 6) is 0. The van der Waals surface area contributed by atoms with Crippen molar-refractivity contribution < 1.29 is 9.46 Å². The lowest BCUT2D eigenvalue weighted by atomic mass is 10.2. The summed E-state index contributed by atoms with van der Waals surface area (Å²) in [7, 11) is 0.774. The van der Waals surface area contributed by atoms with E-state index in [2.05, 4.69) is 43.3 Å². The Balaban J connectivity index is 0. The van der Waals surface area contributed by atoms with E-state index in [9.17, 15) is 0 Å². The van der Waals surface area contributed by atoms with E-state index in [1.165, 1.54) is 7.11 Å². The minimum absolute atomic E-state index is 0.342. The zero-order valence-electron chi connectivity index (χ0n) is 9.19. The monoisotopic (exact) mass is 228 g/mol. The zero-order chi connectivity index (χ0) is 10.4. The van der Waals surface area contributed by atoms with Crippen LogP contribution in [-0.4, -0.2) is 25.0 Å². The molecule has 2 nitrogen and oxygen atoms in total. The number of halogens is 1. The molecule has 0 aromatic rings. The molecule has 0 atom stereocenters. The van der Waals surface area contributed by atoms with Crippen LogP contribution < -0.4 is 0 Å². The standard InChI is InChI=1S/C6H15ClSi.CH6O2Si/c1-6(2,3)8(4,5)7;1-2-3-4/h1-5H3;1,4H3. The van der Waals surface area contributed by atoms with Crippen LogP contribution in [0.1, 0.15) is 20.8 Å². The van der Waals surface area contributed by atoms with Gasteiger partial charge >= 0.3 is 0 Å².